The van der Waals surface area contributed by atoms with E-state index in [-0.39, 0.29) is 11.5 Å². The van der Waals surface area contributed by atoms with Crippen molar-refractivity contribution in [3.63, 3.8) is 0 Å². The number of para-hydroxylation sites is 1. The Morgan fingerprint density at radius 3 is 2.59 bits per heavy atom. The predicted molar refractivity (Wildman–Crippen MR) is 111 cm³/mol. The van der Waals surface area contributed by atoms with Crippen molar-refractivity contribution in [3.05, 3.63) is 64.6 Å². The number of aryl methyl sites for hydroxylation is 1. The van der Waals surface area contributed by atoms with Crippen LogP contribution in [0.4, 0.5) is 11.9 Å². The average molecular weight is 389 g/mol. The molecule has 8 nitrogen and oxygen atoms in total. The molecule has 4 aromatic rings. The Kier molecular flexibility index (Phi) is 4.82. The second-order valence-electron chi connectivity index (χ2n) is 6.33. The fourth-order valence-corrected chi connectivity index (χ4v) is 3.05. The summed E-state index contributed by atoms with van der Waals surface area (Å²) in [6.07, 6.45) is 0. The van der Waals surface area contributed by atoms with Crippen molar-refractivity contribution in [2.75, 3.05) is 19.5 Å². The van der Waals surface area contributed by atoms with Gasteiger partial charge in [0.05, 0.1) is 25.6 Å². The summed E-state index contributed by atoms with van der Waals surface area (Å²) in [6, 6.07) is 14.4. The van der Waals surface area contributed by atoms with Crippen molar-refractivity contribution in [2.24, 2.45) is 0 Å². The van der Waals surface area contributed by atoms with E-state index < -0.39 is 0 Å². The van der Waals surface area contributed by atoms with Gasteiger partial charge in [0.15, 0.2) is 0 Å². The van der Waals surface area contributed by atoms with E-state index >= 15 is 0 Å². The van der Waals surface area contributed by atoms with Crippen molar-refractivity contribution in [1.29, 1.82) is 0 Å². The number of methoxy groups -OCH3 is 2. The van der Waals surface area contributed by atoms with Crippen molar-refractivity contribution >= 4 is 22.8 Å². The molecule has 0 spiro atoms. The summed E-state index contributed by atoms with van der Waals surface area (Å²) >= 11 is 0. The standard InChI is InChI=1S/C21H19N5O3/c1-12-15-8-5-9-17(29-3)19(15)25-20(22-12)26-21-23-16(11-18(27)24-21)13-6-4-7-14(10-13)28-2/h4-11H,1-3H3,(H2,22,23,24,25,26,27). The number of aromatic nitrogens is 4. The fourth-order valence-electron chi connectivity index (χ4n) is 3.05. The lowest BCUT2D eigenvalue weighted by Crippen LogP contribution is -2.12. The molecular formula is C21H19N5O3. The quantitative estimate of drug-likeness (QED) is 0.539. The van der Waals surface area contributed by atoms with Crippen LogP contribution < -0.4 is 20.3 Å². The van der Waals surface area contributed by atoms with E-state index in [1.807, 2.05) is 49.4 Å². The highest BCUT2D eigenvalue weighted by molar-refractivity contribution is 5.87. The largest absolute Gasteiger partial charge is 0.497 e. The SMILES string of the molecule is COc1cccc(-c2cc(=O)[nH]c(Nc3nc(C)c4cccc(OC)c4n3)n2)c1. The molecule has 2 heterocycles. The van der Waals surface area contributed by atoms with Gasteiger partial charge in [0.2, 0.25) is 11.9 Å². The third-order valence-corrected chi connectivity index (χ3v) is 4.44. The summed E-state index contributed by atoms with van der Waals surface area (Å²) in [6.45, 7) is 1.89. The third kappa shape index (κ3) is 3.73. The smallest absolute Gasteiger partial charge is 0.252 e. The van der Waals surface area contributed by atoms with Gasteiger partial charge in [0, 0.05) is 17.0 Å². The van der Waals surface area contributed by atoms with Crippen LogP contribution >= 0.6 is 0 Å². The molecule has 0 bridgehead atoms. The van der Waals surface area contributed by atoms with Gasteiger partial charge in [0.1, 0.15) is 17.0 Å². The van der Waals surface area contributed by atoms with Gasteiger partial charge in [-0.2, -0.15) is 0 Å². The maximum Gasteiger partial charge on any atom is 0.252 e. The minimum atomic E-state index is -0.296. The van der Waals surface area contributed by atoms with E-state index in [0.717, 1.165) is 16.6 Å². The first-order chi connectivity index (χ1) is 14.1. The molecule has 0 aliphatic carbocycles. The zero-order chi connectivity index (χ0) is 20.4. The van der Waals surface area contributed by atoms with Gasteiger partial charge in [-0.25, -0.2) is 15.0 Å². The Hall–Kier alpha value is -3.94. The number of nitrogens with zero attached hydrogens (tertiary/aromatic N) is 3. The number of aromatic amines is 1. The Labute approximate surface area is 166 Å². The normalized spacial score (nSPS) is 10.7. The highest BCUT2D eigenvalue weighted by Crippen LogP contribution is 2.27. The number of hydrogen-bond donors (Lipinski definition) is 2. The zero-order valence-electron chi connectivity index (χ0n) is 16.2. The molecule has 0 fully saturated rings. The van der Waals surface area contributed by atoms with Crippen LogP contribution in [-0.2, 0) is 0 Å². The molecule has 2 aromatic carbocycles. The van der Waals surface area contributed by atoms with Gasteiger partial charge in [-0.15, -0.1) is 0 Å². The average Bonchev–Trinajstić information content (AvgIpc) is 2.73. The molecule has 0 amide bonds. The van der Waals surface area contributed by atoms with Crippen LogP contribution in [0.2, 0.25) is 0 Å². The van der Waals surface area contributed by atoms with Gasteiger partial charge < -0.3 is 9.47 Å². The first kappa shape index (κ1) is 18.4. The van der Waals surface area contributed by atoms with E-state index in [9.17, 15) is 4.79 Å². The third-order valence-electron chi connectivity index (χ3n) is 4.44. The van der Waals surface area contributed by atoms with E-state index in [4.69, 9.17) is 9.47 Å². The monoisotopic (exact) mass is 389 g/mol. The lowest BCUT2D eigenvalue weighted by atomic mass is 10.1. The van der Waals surface area contributed by atoms with Crippen LogP contribution in [0.5, 0.6) is 11.5 Å². The fraction of sp³-hybridized carbons (Fsp3) is 0.143. The molecule has 0 saturated carbocycles. The van der Waals surface area contributed by atoms with Gasteiger partial charge in [-0.3, -0.25) is 15.1 Å². The summed E-state index contributed by atoms with van der Waals surface area (Å²) in [5, 5.41) is 3.88. The van der Waals surface area contributed by atoms with Crippen molar-refractivity contribution in [2.45, 2.75) is 6.92 Å². The van der Waals surface area contributed by atoms with Crippen LogP contribution in [0.25, 0.3) is 22.2 Å². The Morgan fingerprint density at radius 2 is 1.79 bits per heavy atom. The molecule has 0 atom stereocenters. The van der Waals surface area contributed by atoms with Gasteiger partial charge in [-0.05, 0) is 25.1 Å². The van der Waals surface area contributed by atoms with Crippen LogP contribution in [0.15, 0.2) is 53.3 Å². The molecule has 2 N–H and O–H groups in total. The molecule has 2 aromatic heterocycles. The number of rotatable bonds is 5. The van der Waals surface area contributed by atoms with E-state index in [1.165, 1.54) is 6.07 Å². The number of fused-ring (bicyclic) bond motifs is 1. The van der Waals surface area contributed by atoms with Crippen LogP contribution in [0.1, 0.15) is 5.69 Å². The zero-order valence-corrected chi connectivity index (χ0v) is 16.2. The molecule has 29 heavy (non-hydrogen) atoms. The number of H-pyrrole nitrogens is 1. The molecule has 146 valence electrons. The van der Waals surface area contributed by atoms with Crippen LogP contribution in [-0.4, -0.2) is 34.2 Å². The van der Waals surface area contributed by atoms with Crippen LogP contribution in [0, 0.1) is 6.92 Å². The highest BCUT2D eigenvalue weighted by atomic mass is 16.5. The second-order valence-corrected chi connectivity index (χ2v) is 6.33. The number of anilines is 2. The molecule has 0 aliphatic heterocycles. The molecule has 0 saturated heterocycles. The second kappa shape index (κ2) is 7.59. The number of nitrogens with one attached hydrogen (secondary N) is 2. The Bertz CT molecular complexity index is 1250. The minimum Gasteiger partial charge on any atom is -0.497 e. The molecule has 0 radical (unpaired) electrons. The first-order valence-corrected chi connectivity index (χ1v) is 8.91. The number of benzene rings is 2. The topological polar surface area (TPSA) is 102 Å². The summed E-state index contributed by atoms with van der Waals surface area (Å²) in [5.74, 6) is 1.87. The van der Waals surface area contributed by atoms with E-state index in [0.29, 0.717) is 28.7 Å². The summed E-state index contributed by atoms with van der Waals surface area (Å²) in [5.41, 5.74) is 2.43. The predicted octanol–water partition coefficient (Wildman–Crippen LogP) is 3.45. The van der Waals surface area contributed by atoms with Crippen molar-refractivity contribution in [1.82, 2.24) is 19.9 Å². The van der Waals surface area contributed by atoms with Crippen molar-refractivity contribution in [3.8, 4) is 22.8 Å². The maximum absolute atomic E-state index is 12.2. The molecule has 0 unspecified atom stereocenters. The maximum atomic E-state index is 12.2. The number of hydrogen-bond acceptors (Lipinski definition) is 7. The summed E-state index contributed by atoms with van der Waals surface area (Å²) < 4.78 is 10.6. The van der Waals surface area contributed by atoms with E-state index in [2.05, 4.69) is 25.3 Å². The molecule has 8 heteroatoms. The minimum absolute atomic E-state index is 0.240. The van der Waals surface area contributed by atoms with E-state index in [1.54, 1.807) is 14.2 Å². The molecule has 4 rings (SSSR count). The lowest BCUT2D eigenvalue weighted by molar-refractivity contribution is 0.415. The van der Waals surface area contributed by atoms with Crippen molar-refractivity contribution < 1.29 is 9.47 Å². The Balaban J connectivity index is 1.75. The molecular weight excluding hydrogens is 370 g/mol. The van der Waals surface area contributed by atoms with Gasteiger partial charge >= 0.3 is 0 Å². The molecule has 0 aliphatic rings. The highest BCUT2D eigenvalue weighted by Gasteiger charge is 2.11. The first-order valence-electron chi connectivity index (χ1n) is 8.91. The van der Waals surface area contributed by atoms with Gasteiger partial charge in [-0.1, -0.05) is 24.3 Å². The van der Waals surface area contributed by atoms with Gasteiger partial charge in [0.25, 0.3) is 5.56 Å². The number of ether oxygens (including phenoxy) is 2. The summed E-state index contributed by atoms with van der Waals surface area (Å²) in [4.78, 5) is 28.3. The Morgan fingerprint density at radius 1 is 0.966 bits per heavy atom. The lowest BCUT2D eigenvalue weighted by Gasteiger charge is -2.10. The van der Waals surface area contributed by atoms with Crippen LogP contribution in [0.3, 0.4) is 0 Å². The summed E-state index contributed by atoms with van der Waals surface area (Å²) in [7, 11) is 3.18.